The molecule has 1 N–H and O–H groups in total. The number of hydrogen-bond acceptors (Lipinski definition) is 6. The molecule has 5 rings (SSSR count). The number of amides is 2. The van der Waals surface area contributed by atoms with E-state index in [0.29, 0.717) is 37.4 Å². The molecule has 2 aliphatic rings. The molecule has 1 aromatic carbocycles. The minimum atomic E-state index is -0.464. The largest absolute Gasteiger partial charge is 0.365 e. The van der Waals surface area contributed by atoms with E-state index >= 15 is 0 Å². The highest BCUT2D eigenvalue weighted by Crippen LogP contribution is 2.32. The first-order chi connectivity index (χ1) is 16.1. The summed E-state index contributed by atoms with van der Waals surface area (Å²) in [5.74, 6) is -0.0695. The molecule has 1 fully saturated rings. The van der Waals surface area contributed by atoms with Crippen LogP contribution in [0.3, 0.4) is 0 Å². The lowest BCUT2D eigenvalue weighted by atomic mass is 9.91. The molecule has 1 saturated heterocycles. The Bertz CT molecular complexity index is 1130. The third-order valence-corrected chi connectivity index (χ3v) is 6.29. The molecule has 0 aliphatic carbocycles. The van der Waals surface area contributed by atoms with Crippen LogP contribution in [0.1, 0.15) is 40.2 Å². The number of benzene rings is 1. The van der Waals surface area contributed by atoms with Crippen molar-refractivity contribution in [2.24, 2.45) is 0 Å². The number of likely N-dealkylation sites (tertiary alicyclic amines) is 1. The van der Waals surface area contributed by atoms with Crippen LogP contribution in [0.4, 0.5) is 0 Å². The van der Waals surface area contributed by atoms with Crippen LogP contribution in [0.5, 0.6) is 0 Å². The van der Waals surface area contributed by atoms with Crippen LogP contribution < -0.4 is 5.32 Å². The van der Waals surface area contributed by atoms with E-state index in [1.54, 1.807) is 24.5 Å². The third-order valence-electron chi connectivity index (χ3n) is 6.29. The maximum absolute atomic E-state index is 12.9. The average Bonchev–Trinajstić information content (AvgIpc) is 3.25. The number of carbonyl (C=O) groups is 2. The lowest BCUT2D eigenvalue weighted by Crippen LogP contribution is -2.56. The van der Waals surface area contributed by atoms with Crippen LogP contribution in [0, 0.1) is 0 Å². The van der Waals surface area contributed by atoms with Gasteiger partial charge in [-0.05, 0) is 36.6 Å². The van der Waals surface area contributed by atoms with Gasteiger partial charge >= 0.3 is 0 Å². The number of carbonyl (C=O) groups excluding carboxylic acids is 2. The van der Waals surface area contributed by atoms with Gasteiger partial charge in [0.25, 0.3) is 5.91 Å². The maximum Gasteiger partial charge on any atom is 0.251 e. The van der Waals surface area contributed by atoms with E-state index in [9.17, 15) is 9.59 Å². The number of nitrogens with zero attached hydrogens (tertiary/aromatic N) is 5. The topological polar surface area (TPSA) is 102 Å². The number of aromatic nitrogens is 4. The van der Waals surface area contributed by atoms with Crippen molar-refractivity contribution in [3.8, 4) is 0 Å². The van der Waals surface area contributed by atoms with E-state index in [2.05, 4.69) is 20.6 Å². The highest BCUT2D eigenvalue weighted by Gasteiger charge is 2.42. The van der Waals surface area contributed by atoms with Crippen molar-refractivity contribution >= 4 is 11.8 Å². The Balaban J connectivity index is 1.22. The first-order valence-electron chi connectivity index (χ1n) is 11.2. The number of ether oxygens (including phenoxy) is 1. The standard InChI is InChI=1S/C24H26N6O3/c31-22(12-18-6-4-10-25-13-18)29-11-5-9-24(16-29)17-30-21(15-33-24)20(27-28-30)14-26-23(32)19-7-2-1-3-8-19/h1-4,6-8,10,13H,5,9,11-12,14-17H2,(H,26,32). The van der Waals surface area contributed by atoms with Crippen LogP contribution in [0.25, 0.3) is 0 Å². The van der Waals surface area contributed by atoms with Gasteiger partial charge in [0.05, 0.1) is 38.4 Å². The maximum atomic E-state index is 12.9. The molecule has 3 aromatic rings. The second-order valence-corrected chi connectivity index (χ2v) is 8.62. The van der Waals surface area contributed by atoms with E-state index < -0.39 is 5.60 Å². The van der Waals surface area contributed by atoms with Crippen molar-refractivity contribution in [2.45, 2.75) is 44.6 Å². The SMILES string of the molecule is O=C(NCc1nnn2c1COC1(CCCN(C(=O)Cc3cccnc3)C1)C2)c1ccccc1. The van der Waals surface area contributed by atoms with Crippen molar-refractivity contribution in [1.82, 2.24) is 30.2 Å². The Morgan fingerprint density at radius 1 is 1.12 bits per heavy atom. The fraction of sp³-hybridized carbons (Fsp3) is 0.375. The summed E-state index contributed by atoms with van der Waals surface area (Å²) in [4.78, 5) is 31.2. The highest BCUT2D eigenvalue weighted by atomic mass is 16.5. The molecule has 4 heterocycles. The molecule has 1 unspecified atom stereocenters. The number of hydrogen-bond donors (Lipinski definition) is 1. The predicted molar refractivity (Wildman–Crippen MR) is 119 cm³/mol. The van der Waals surface area contributed by atoms with Gasteiger partial charge < -0.3 is 15.0 Å². The summed E-state index contributed by atoms with van der Waals surface area (Å²) in [6.45, 7) is 2.44. The second kappa shape index (κ2) is 9.11. The van der Waals surface area contributed by atoms with Crippen molar-refractivity contribution in [3.05, 3.63) is 77.4 Å². The quantitative estimate of drug-likeness (QED) is 0.641. The van der Waals surface area contributed by atoms with Crippen LogP contribution in [0.15, 0.2) is 54.9 Å². The summed E-state index contributed by atoms with van der Waals surface area (Å²) < 4.78 is 8.20. The van der Waals surface area contributed by atoms with Gasteiger partial charge in [-0.2, -0.15) is 0 Å². The summed E-state index contributed by atoms with van der Waals surface area (Å²) in [5.41, 5.74) is 2.62. The summed E-state index contributed by atoms with van der Waals surface area (Å²) in [5, 5.41) is 11.5. The molecular weight excluding hydrogens is 420 g/mol. The van der Waals surface area contributed by atoms with Gasteiger partial charge in [-0.25, -0.2) is 4.68 Å². The molecule has 9 nitrogen and oxygen atoms in total. The van der Waals surface area contributed by atoms with Gasteiger partial charge in [-0.15, -0.1) is 5.10 Å². The lowest BCUT2D eigenvalue weighted by molar-refractivity contribution is -0.152. The minimum absolute atomic E-state index is 0.0828. The average molecular weight is 447 g/mol. The first-order valence-corrected chi connectivity index (χ1v) is 11.2. The molecule has 170 valence electrons. The first kappa shape index (κ1) is 21.3. The van der Waals surface area contributed by atoms with E-state index in [1.807, 2.05) is 39.9 Å². The predicted octanol–water partition coefficient (Wildman–Crippen LogP) is 1.74. The number of piperidine rings is 1. The van der Waals surface area contributed by atoms with Crippen molar-refractivity contribution in [3.63, 3.8) is 0 Å². The van der Waals surface area contributed by atoms with Crippen LogP contribution in [-0.4, -0.2) is 55.4 Å². The zero-order valence-corrected chi connectivity index (χ0v) is 18.3. The smallest absolute Gasteiger partial charge is 0.251 e. The number of fused-ring (bicyclic) bond motifs is 1. The Morgan fingerprint density at radius 2 is 2.00 bits per heavy atom. The summed E-state index contributed by atoms with van der Waals surface area (Å²) >= 11 is 0. The molecule has 0 bridgehead atoms. The number of nitrogens with one attached hydrogen (secondary N) is 1. The Hall–Kier alpha value is -3.59. The number of rotatable bonds is 5. The molecule has 2 aromatic heterocycles. The Morgan fingerprint density at radius 3 is 2.82 bits per heavy atom. The van der Waals surface area contributed by atoms with Gasteiger partial charge in [-0.3, -0.25) is 14.6 Å². The van der Waals surface area contributed by atoms with Gasteiger partial charge in [0.2, 0.25) is 5.91 Å². The van der Waals surface area contributed by atoms with E-state index in [4.69, 9.17) is 4.74 Å². The van der Waals surface area contributed by atoms with Crippen LogP contribution in [0.2, 0.25) is 0 Å². The summed E-state index contributed by atoms with van der Waals surface area (Å²) in [6.07, 6.45) is 5.51. The zero-order chi connectivity index (χ0) is 22.7. The fourth-order valence-electron chi connectivity index (χ4n) is 4.53. The van der Waals surface area contributed by atoms with Crippen LogP contribution >= 0.6 is 0 Å². The van der Waals surface area contributed by atoms with E-state index in [1.165, 1.54) is 0 Å². The lowest BCUT2D eigenvalue weighted by Gasteiger charge is -2.44. The molecule has 1 spiro atoms. The fourth-order valence-corrected chi connectivity index (χ4v) is 4.53. The normalized spacial score (nSPS) is 19.8. The minimum Gasteiger partial charge on any atom is -0.365 e. The van der Waals surface area contributed by atoms with Gasteiger partial charge in [0, 0.05) is 24.5 Å². The summed E-state index contributed by atoms with van der Waals surface area (Å²) in [6, 6.07) is 12.8. The Kier molecular flexibility index (Phi) is 5.87. The Labute approximate surface area is 191 Å². The molecule has 0 saturated carbocycles. The van der Waals surface area contributed by atoms with Gasteiger partial charge in [-0.1, -0.05) is 29.5 Å². The van der Waals surface area contributed by atoms with Crippen molar-refractivity contribution in [2.75, 3.05) is 13.1 Å². The van der Waals surface area contributed by atoms with E-state index in [0.717, 1.165) is 30.6 Å². The molecule has 9 heteroatoms. The zero-order valence-electron chi connectivity index (χ0n) is 18.3. The van der Waals surface area contributed by atoms with Crippen molar-refractivity contribution in [1.29, 1.82) is 0 Å². The second-order valence-electron chi connectivity index (χ2n) is 8.62. The molecule has 2 amide bonds. The van der Waals surface area contributed by atoms with Crippen LogP contribution in [-0.2, 0) is 35.6 Å². The molecular formula is C24H26N6O3. The van der Waals surface area contributed by atoms with Crippen molar-refractivity contribution < 1.29 is 14.3 Å². The highest BCUT2D eigenvalue weighted by molar-refractivity contribution is 5.94. The molecule has 1 atom stereocenters. The molecule has 2 aliphatic heterocycles. The summed E-state index contributed by atoms with van der Waals surface area (Å²) in [7, 11) is 0. The van der Waals surface area contributed by atoms with E-state index in [-0.39, 0.29) is 18.4 Å². The van der Waals surface area contributed by atoms with Gasteiger partial charge in [0.15, 0.2) is 0 Å². The van der Waals surface area contributed by atoms with Gasteiger partial charge in [0.1, 0.15) is 11.3 Å². The molecule has 0 radical (unpaired) electrons. The monoisotopic (exact) mass is 446 g/mol. The number of pyridine rings is 1. The molecule has 33 heavy (non-hydrogen) atoms. The third kappa shape index (κ3) is 4.63.